The van der Waals surface area contributed by atoms with Crippen molar-refractivity contribution in [2.24, 2.45) is 0 Å². The van der Waals surface area contributed by atoms with Crippen molar-refractivity contribution in [1.82, 2.24) is 9.97 Å². The van der Waals surface area contributed by atoms with Gasteiger partial charge in [0.25, 0.3) is 5.91 Å². The first kappa shape index (κ1) is 22.9. The molecule has 1 unspecified atom stereocenters. The Morgan fingerprint density at radius 1 is 1.30 bits per heavy atom. The zero-order valence-corrected chi connectivity index (χ0v) is 18.6. The number of carboxylic acid groups (broad SMARTS) is 1. The fourth-order valence-electron chi connectivity index (χ4n) is 4.62. The van der Waals surface area contributed by atoms with Gasteiger partial charge in [-0.25, -0.2) is 9.78 Å². The van der Waals surface area contributed by atoms with Crippen LogP contribution in [0.15, 0.2) is 30.2 Å². The zero-order chi connectivity index (χ0) is 23.8. The predicted molar refractivity (Wildman–Crippen MR) is 117 cm³/mol. The Bertz CT molecular complexity index is 1010. The van der Waals surface area contributed by atoms with E-state index in [0.29, 0.717) is 18.6 Å². The molecule has 1 aromatic heterocycles. The third-order valence-electron chi connectivity index (χ3n) is 6.48. The Balaban J connectivity index is 1.75. The fraction of sp³-hybridized carbons (Fsp3) is 0.545. The third kappa shape index (κ3) is 4.23. The van der Waals surface area contributed by atoms with E-state index in [0.717, 1.165) is 24.2 Å². The number of amides is 1. The van der Waals surface area contributed by atoms with Crippen LogP contribution in [0.25, 0.3) is 0 Å². The smallest absolute Gasteiger partial charge is 0.342 e. The number of aliphatic carboxylic acids is 1. The lowest BCUT2D eigenvalue weighted by Crippen LogP contribution is -2.49. The van der Waals surface area contributed by atoms with E-state index in [-0.39, 0.29) is 29.9 Å². The maximum Gasteiger partial charge on any atom is 0.342 e. The van der Waals surface area contributed by atoms with E-state index in [9.17, 15) is 23.5 Å². The number of allylic oxidation sites excluding steroid dienone is 2. The average molecular weight is 463 g/mol. The lowest BCUT2D eigenvalue weighted by molar-refractivity contribution is -0.141. The van der Waals surface area contributed by atoms with Gasteiger partial charge in [0, 0.05) is 19.5 Å². The molecular weight excluding hydrogens is 436 g/mol. The number of hydrogen-bond donors (Lipinski definition) is 2. The Morgan fingerprint density at radius 2 is 2.03 bits per heavy atom. The molecule has 0 saturated heterocycles. The van der Waals surface area contributed by atoms with Gasteiger partial charge in [-0.1, -0.05) is 25.3 Å². The molecule has 2 aliphatic carbocycles. The van der Waals surface area contributed by atoms with Gasteiger partial charge in [-0.2, -0.15) is 13.8 Å². The highest BCUT2D eigenvalue weighted by molar-refractivity contribution is 6.02. The summed E-state index contributed by atoms with van der Waals surface area (Å²) in [6.07, 6.45) is 10.3. The second-order valence-electron chi connectivity index (χ2n) is 8.67. The largest absolute Gasteiger partial charge is 0.501 e. The second-order valence-corrected chi connectivity index (χ2v) is 8.67. The molecule has 2 heterocycles. The monoisotopic (exact) mass is 463 g/mol. The molecule has 1 atom stereocenters. The second kappa shape index (κ2) is 8.60. The highest BCUT2D eigenvalue weighted by atomic mass is 19.3. The molecule has 9 nitrogen and oxygen atoms in total. The number of halogens is 2. The molecule has 33 heavy (non-hydrogen) atoms. The van der Waals surface area contributed by atoms with Crippen LogP contribution in [0.4, 0.5) is 26.2 Å². The quantitative estimate of drug-likeness (QED) is 0.686. The van der Waals surface area contributed by atoms with Crippen LogP contribution in [-0.4, -0.2) is 65.2 Å². The molecule has 0 bridgehead atoms. The average Bonchev–Trinajstić information content (AvgIpc) is 2.88. The minimum Gasteiger partial charge on any atom is -0.501 e. The van der Waals surface area contributed by atoms with Gasteiger partial charge in [-0.3, -0.25) is 4.79 Å². The molecule has 3 aliphatic rings. The van der Waals surface area contributed by atoms with Crippen LogP contribution >= 0.6 is 0 Å². The predicted octanol–water partition coefficient (Wildman–Crippen LogP) is 2.95. The van der Waals surface area contributed by atoms with E-state index in [1.807, 2.05) is 0 Å². The van der Waals surface area contributed by atoms with Crippen molar-refractivity contribution in [1.29, 1.82) is 0 Å². The maximum atomic E-state index is 14.8. The van der Waals surface area contributed by atoms with Crippen molar-refractivity contribution in [3.05, 3.63) is 30.2 Å². The van der Waals surface area contributed by atoms with Gasteiger partial charge in [0.15, 0.2) is 11.4 Å². The Hall–Kier alpha value is -3.24. The molecule has 1 fully saturated rings. The topological polar surface area (TPSA) is 108 Å². The number of rotatable bonds is 5. The number of methoxy groups -OCH3 is 1. The number of hydrogen-bond acceptors (Lipinski definition) is 7. The van der Waals surface area contributed by atoms with Gasteiger partial charge in [0.1, 0.15) is 5.69 Å². The molecule has 2 N–H and O–H groups in total. The van der Waals surface area contributed by atoms with Crippen LogP contribution in [0.1, 0.15) is 38.5 Å². The van der Waals surface area contributed by atoms with Crippen LogP contribution < -0.4 is 15.1 Å². The molecular formula is C22H27F2N5O4. The standard InChI is InChI=1S/C22H27F2N5O4/c1-28-16-12-25-20(27-21(19(31)32)10-6-9-15(11-21)33-2)26-17(16)29(13-22(23,24)18(28)30)14-7-4-3-5-8-14/h6,9-10,12,14H,3-5,7-8,11,13H2,1-2H3,(H,31,32)(H,25,26,27). The summed E-state index contributed by atoms with van der Waals surface area (Å²) in [5, 5.41) is 12.8. The lowest BCUT2D eigenvalue weighted by Gasteiger charge is -2.36. The van der Waals surface area contributed by atoms with Crippen LogP contribution in [0.5, 0.6) is 0 Å². The van der Waals surface area contributed by atoms with E-state index in [4.69, 9.17) is 4.74 Å². The van der Waals surface area contributed by atoms with E-state index in [1.54, 1.807) is 12.2 Å². The van der Waals surface area contributed by atoms with Gasteiger partial charge in [-0.15, -0.1) is 0 Å². The SMILES string of the molecule is COC1=CC=CC(Nc2ncc3c(n2)N(C2CCCCC2)CC(F)(F)C(=O)N3C)(C(=O)O)C1. The van der Waals surface area contributed by atoms with E-state index >= 15 is 0 Å². The van der Waals surface area contributed by atoms with Crippen molar-refractivity contribution in [2.45, 2.75) is 56.0 Å². The van der Waals surface area contributed by atoms with Gasteiger partial charge in [0.2, 0.25) is 5.95 Å². The molecule has 1 amide bonds. The zero-order valence-electron chi connectivity index (χ0n) is 18.6. The number of ether oxygens (including phenoxy) is 1. The minimum absolute atomic E-state index is 0.0125. The normalized spacial score (nSPS) is 25.2. The van der Waals surface area contributed by atoms with Gasteiger partial charge in [0.05, 0.1) is 25.6 Å². The molecule has 4 rings (SSSR count). The van der Waals surface area contributed by atoms with Gasteiger partial charge < -0.3 is 25.0 Å². The Labute approximate surface area is 190 Å². The van der Waals surface area contributed by atoms with Crippen molar-refractivity contribution >= 4 is 29.3 Å². The minimum atomic E-state index is -3.59. The Kier molecular flexibility index (Phi) is 5.98. The number of nitrogens with one attached hydrogen (secondary N) is 1. The highest BCUT2D eigenvalue weighted by Crippen LogP contribution is 2.39. The van der Waals surface area contributed by atoms with Crippen molar-refractivity contribution < 1.29 is 28.2 Å². The maximum absolute atomic E-state index is 14.8. The summed E-state index contributed by atoms with van der Waals surface area (Å²) in [4.78, 5) is 35.6. The van der Waals surface area contributed by atoms with Crippen molar-refractivity contribution in [3.63, 3.8) is 0 Å². The summed E-state index contributed by atoms with van der Waals surface area (Å²) in [5.74, 6) is -5.47. The number of carbonyl (C=O) groups excluding carboxylic acids is 1. The Morgan fingerprint density at radius 3 is 2.70 bits per heavy atom. The summed E-state index contributed by atoms with van der Waals surface area (Å²) in [6.45, 7) is -0.787. The number of fused-ring (bicyclic) bond motifs is 1. The number of anilines is 3. The summed E-state index contributed by atoms with van der Waals surface area (Å²) >= 11 is 0. The third-order valence-corrected chi connectivity index (χ3v) is 6.48. The van der Waals surface area contributed by atoms with Crippen LogP contribution in [0.2, 0.25) is 0 Å². The number of nitrogens with zero attached hydrogens (tertiary/aromatic N) is 4. The van der Waals surface area contributed by atoms with Gasteiger partial charge in [-0.05, 0) is 25.0 Å². The summed E-state index contributed by atoms with van der Waals surface area (Å²) in [7, 11) is 2.72. The number of carboxylic acids is 1. The molecule has 178 valence electrons. The summed E-state index contributed by atoms with van der Waals surface area (Å²) in [5.41, 5.74) is -1.41. The molecule has 0 radical (unpaired) electrons. The molecule has 1 saturated carbocycles. The van der Waals surface area contributed by atoms with Crippen molar-refractivity contribution in [3.8, 4) is 0 Å². The van der Waals surface area contributed by atoms with Crippen LogP contribution in [0, 0.1) is 0 Å². The number of carbonyl (C=O) groups is 2. The first-order chi connectivity index (χ1) is 15.7. The number of aromatic nitrogens is 2. The molecule has 11 heteroatoms. The van der Waals surface area contributed by atoms with Crippen LogP contribution in [-0.2, 0) is 14.3 Å². The molecule has 1 aromatic rings. The van der Waals surface area contributed by atoms with Crippen LogP contribution in [0.3, 0.4) is 0 Å². The first-order valence-electron chi connectivity index (χ1n) is 10.9. The van der Waals surface area contributed by atoms with E-state index < -0.39 is 29.9 Å². The molecule has 0 spiro atoms. The molecule has 0 aromatic carbocycles. The fourth-order valence-corrected chi connectivity index (χ4v) is 4.62. The number of alkyl halides is 2. The first-order valence-corrected chi connectivity index (χ1v) is 10.9. The molecule has 1 aliphatic heterocycles. The van der Waals surface area contributed by atoms with E-state index in [1.165, 1.54) is 31.3 Å². The van der Waals surface area contributed by atoms with Crippen molar-refractivity contribution in [2.75, 3.05) is 35.8 Å². The highest BCUT2D eigenvalue weighted by Gasteiger charge is 2.49. The summed E-state index contributed by atoms with van der Waals surface area (Å²) in [6, 6.07) is -0.198. The summed E-state index contributed by atoms with van der Waals surface area (Å²) < 4.78 is 34.8. The van der Waals surface area contributed by atoms with E-state index in [2.05, 4.69) is 15.3 Å². The van der Waals surface area contributed by atoms with Gasteiger partial charge >= 0.3 is 11.9 Å². The lowest BCUT2D eigenvalue weighted by atomic mass is 9.90.